The second kappa shape index (κ2) is 7.17. The molecule has 7 heteroatoms. The molecule has 0 bridgehead atoms. The third-order valence-electron chi connectivity index (χ3n) is 3.07. The number of carbonyl (C=O) groups excluding carboxylic acids is 1. The summed E-state index contributed by atoms with van der Waals surface area (Å²) in [6.45, 7) is 8.44. The van der Waals surface area contributed by atoms with Gasteiger partial charge in [0.05, 0.1) is 5.92 Å². The molecule has 1 aliphatic rings. The second-order valence-corrected chi connectivity index (χ2v) is 6.35. The fraction of sp³-hybridized carbons (Fsp3) is 0.846. The lowest BCUT2D eigenvalue weighted by molar-refractivity contribution is -0.141. The molecule has 0 radical (unpaired) electrons. The van der Waals surface area contributed by atoms with Gasteiger partial charge in [-0.1, -0.05) is 0 Å². The van der Waals surface area contributed by atoms with Gasteiger partial charge in [-0.05, 0) is 20.8 Å². The molecule has 1 N–H and O–H groups in total. The number of piperazine rings is 1. The van der Waals surface area contributed by atoms with Crippen LogP contribution in [0.1, 0.15) is 20.8 Å². The van der Waals surface area contributed by atoms with Gasteiger partial charge < -0.3 is 14.7 Å². The van der Waals surface area contributed by atoms with Crippen LogP contribution in [0, 0.1) is 5.92 Å². The summed E-state index contributed by atoms with van der Waals surface area (Å²) in [7, 11) is 0. The number of nitrogens with zero attached hydrogens (tertiary/aromatic N) is 2. The molecular weight excluding hydrogens is 280 g/mol. The van der Waals surface area contributed by atoms with Crippen LogP contribution in [0.4, 0.5) is 4.79 Å². The summed E-state index contributed by atoms with van der Waals surface area (Å²) >= 11 is 4.06. The maximum absolute atomic E-state index is 11.9. The van der Waals surface area contributed by atoms with Crippen LogP contribution in [0.2, 0.25) is 0 Å². The van der Waals surface area contributed by atoms with Crippen LogP contribution in [-0.2, 0) is 9.53 Å². The molecule has 1 amide bonds. The standard InChI is InChI=1S/C13H24N2O4S/c1-13(2,3)19-12(18)15-6-4-14(5-7-15)8-10(9-20)11(16)17/h10,20H,4-9H2,1-3H3,(H,16,17). The zero-order chi connectivity index (χ0) is 15.3. The minimum Gasteiger partial charge on any atom is -0.481 e. The van der Waals surface area contributed by atoms with Crippen molar-refractivity contribution in [2.24, 2.45) is 5.92 Å². The van der Waals surface area contributed by atoms with E-state index in [1.807, 2.05) is 20.8 Å². The molecule has 116 valence electrons. The van der Waals surface area contributed by atoms with E-state index in [-0.39, 0.29) is 6.09 Å². The smallest absolute Gasteiger partial charge is 0.410 e. The Labute approximate surface area is 125 Å². The third-order valence-corrected chi connectivity index (χ3v) is 3.51. The monoisotopic (exact) mass is 304 g/mol. The van der Waals surface area contributed by atoms with E-state index in [2.05, 4.69) is 17.5 Å². The van der Waals surface area contributed by atoms with E-state index < -0.39 is 17.5 Å². The predicted molar refractivity (Wildman–Crippen MR) is 79.2 cm³/mol. The van der Waals surface area contributed by atoms with Crippen LogP contribution in [0.3, 0.4) is 0 Å². The van der Waals surface area contributed by atoms with Crippen molar-refractivity contribution in [1.82, 2.24) is 9.80 Å². The molecule has 0 spiro atoms. The van der Waals surface area contributed by atoms with Crippen LogP contribution >= 0.6 is 12.6 Å². The maximum atomic E-state index is 11.9. The van der Waals surface area contributed by atoms with Gasteiger partial charge >= 0.3 is 12.1 Å². The first-order valence-corrected chi connectivity index (χ1v) is 7.40. The van der Waals surface area contributed by atoms with Crippen molar-refractivity contribution in [3.8, 4) is 0 Å². The quantitative estimate of drug-likeness (QED) is 0.763. The zero-order valence-corrected chi connectivity index (χ0v) is 13.2. The van der Waals surface area contributed by atoms with Crippen LogP contribution < -0.4 is 0 Å². The molecule has 0 aromatic carbocycles. The summed E-state index contributed by atoms with van der Waals surface area (Å²) < 4.78 is 5.32. The Kier molecular flexibility index (Phi) is 6.13. The molecule has 1 rings (SSSR count). The molecule has 0 aromatic heterocycles. The lowest BCUT2D eigenvalue weighted by Gasteiger charge is -2.36. The summed E-state index contributed by atoms with van der Waals surface area (Å²) in [5.74, 6) is -0.970. The van der Waals surface area contributed by atoms with Crippen molar-refractivity contribution in [3.05, 3.63) is 0 Å². The van der Waals surface area contributed by atoms with Gasteiger partial charge in [0.25, 0.3) is 0 Å². The Morgan fingerprint density at radius 2 is 1.80 bits per heavy atom. The van der Waals surface area contributed by atoms with Gasteiger partial charge in [-0.3, -0.25) is 9.69 Å². The maximum Gasteiger partial charge on any atom is 0.410 e. The van der Waals surface area contributed by atoms with Gasteiger partial charge in [0, 0.05) is 38.5 Å². The number of hydrogen-bond acceptors (Lipinski definition) is 5. The average Bonchev–Trinajstić information content (AvgIpc) is 2.34. The number of aliphatic carboxylic acids is 1. The Morgan fingerprint density at radius 1 is 1.25 bits per heavy atom. The lowest BCUT2D eigenvalue weighted by Crippen LogP contribution is -2.51. The molecule has 6 nitrogen and oxygen atoms in total. The topological polar surface area (TPSA) is 70.1 Å². The van der Waals surface area contributed by atoms with Crippen molar-refractivity contribution in [2.45, 2.75) is 26.4 Å². The molecule has 0 aliphatic carbocycles. The molecule has 1 saturated heterocycles. The van der Waals surface area contributed by atoms with E-state index in [9.17, 15) is 9.59 Å². The number of carboxylic acids is 1. The fourth-order valence-electron chi connectivity index (χ4n) is 1.97. The zero-order valence-electron chi connectivity index (χ0n) is 12.3. The fourth-order valence-corrected chi connectivity index (χ4v) is 2.24. The SMILES string of the molecule is CC(C)(C)OC(=O)N1CCN(CC(CS)C(=O)O)CC1. The molecule has 1 aliphatic heterocycles. The van der Waals surface area contributed by atoms with E-state index in [4.69, 9.17) is 9.84 Å². The largest absolute Gasteiger partial charge is 0.481 e. The molecule has 0 aromatic rings. The highest BCUT2D eigenvalue weighted by atomic mass is 32.1. The lowest BCUT2D eigenvalue weighted by atomic mass is 10.1. The van der Waals surface area contributed by atoms with Crippen LogP contribution in [-0.4, -0.2) is 71.0 Å². The summed E-state index contributed by atoms with van der Waals surface area (Å²) in [4.78, 5) is 26.6. The van der Waals surface area contributed by atoms with Gasteiger partial charge in [-0.25, -0.2) is 4.79 Å². The Hall–Kier alpha value is -0.950. The van der Waals surface area contributed by atoms with E-state index in [0.29, 0.717) is 38.5 Å². The number of carboxylic acid groups (broad SMARTS) is 1. The van der Waals surface area contributed by atoms with Gasteiger partial charge in [-0.15, -0.1) is 0 Å². The molecule has 0 saturated carbocycles. The highest BCUT2D eigenvalue weighted by molar-refractivity contribution is 7.80. The van der Waals surface area contributed by atoms with Crippen LogP contribution in [0.15, 0.2) is 0 Å². The molecule has 1 unspecified atom stereocenters. The number of amides is 1. The number of rotatable bonds is 4. The first kappa shape index (κ1) is 17.1. The Bertz CT molecular complexity index is 349. The first-order chi connectivity index (χ1) is 9.23. The number of hydrogen-bond donors (Lipinski definition) is 2. The predicted octanol–water partition coefficient (Wildman–Crippen LogP) is 1.17. The molecule has 1 fully saturated rings. The van der Waals surface area contributed by atoms with Gasteiger partial charge in [0.2, 0.25) is 0 Å². The highest BCUT2D eigenvalue weighted by Gasteiger charge is 2.27. The van der Waals surface area contributed by atoms with Gasteiger partial charge in [0.15, 0.2) is 0 Å². The van der Waals surface area contributed by atoms with Crippen LogP contribution in [0.25, 0.3) is 0 Å². The third kappa shape index (κ3) is 5.58. The van der Waals surface area contributed by atoms with Gasteiger partial charge in [0.1, 0.15) is 5.60 Å². The molecular formula is C13H24N2O4S. The minimum atomic E-state index is -0.824. The van der Waals surface area contributed by atoms with E-state index in [1.54, 1.807) is 4.90 Å². The number of thiol groups is 1. The van der Waals surface area contributed by atoms with E-state index in [0.717, 1.165) is 0 Å². The van der Waals surface area contributed by atoms with E-state index >= 15 is 0 Å². The summed E-state index contributed by atoms with van der Waals surface area (Å²) in [5, 5.41) is 9.01. The van der Waals surface area contributed by atoms with Crippen molar-refractivity contribution in [3.63, 3.8) is 0 Å². The average molecular weight is 304 g/mol. The highest BCUT2D eigenvalue weighted by Crippen LogP contribution is 2.13. The number of ether oxygens (including phenoxy) is 1. The second-order valence-electron chi connectivity index (χ2n) is 5.99. The summed E-state index contributed by atoms with van der Waals surface area (Å²) in [6, 6.07) is 0. The van der Waals surface area contributed by atoms with Gasteiger partial charge in [-0.2, -0.15) is 12.6 Å². The summed E-state index contributed by atoms with van der Waals surface area (Å²) in [5.41, 5.74) is -0.491. The normalized spacial score (nSPS) is 18.7. The van der Waals surface area contributed by atoms with Crippen molar-refractivity contribution in [1.29, 1.82) is 0 Å². The minimum absolute atomic E-state index is 0.305. The Balaban J connectivity index is 2.40. The number of carbonyl (C=O) groups is 2. The van der Waals surface area contributed by atoms with Crippen LogP contribution in [0.5, 0.6) is 0 Å². The molecule has 20 heavy (non-hydrogen) atoms. The molecule has 1 atom stereocenters. The van der Waals surface area contributed by atoms with Crippen molar-refractivity contribution < 1.29 is 19.4 Å². The summed E-state index contributed by atoms with van der Waals surface area (Å²) in [6.07, 6.45) is -0.305. The molecule has 1 heterocycles. The Morgan fingerprint density at radius 3 is 2.20 bits per heavy atom. The first-order valence-electron chi connectivity index (χ1n) is 6.77. The van der Waals surface area contributed by atoms with Crippen molar-refractivity contribution in [2.75, 3.05) is 38.5 Å². The van der Waals surface area contributed by atoms with Crippen molar-refractivity contribution >= 4 is 24.7 Å². The van der Waals surface area contributed by atoms with E-state index in [1.165, 1.54) is 0 Å².